The van der Waals surface area contributed by atoms with Crippen molar-refractivity contribution in [1.82, 2.24) is 0 Å². The van der Waals surface area contributed by atoms with E-state index < -0.39 is 0 Å². The molecule has 4 nitrogen and oxygen atoms in total. The van der Waals surface area contributed by atoms with E-state index in [1.165, 1.54) is 0 Å². The minimum Gasteiger partial charge on any atom is -0.463 e. The van der Waals surface area contributed by atoms with Crippen LogP contribution < -0.4 is 4.90 Å². The number of hydrogen-bond donors (Lipinski definition) is 0. The van der Waals surface area contributed by atoms with Gasteiger partial charge in [0.2, 0.25) is 5.91 Å². The summed E-state index contributed by atoms with van der Waals surface area (Å²) < 4.78 is 4.92. The molecule has 2 rings (SSSR count). The lowest BCUT2D eigenvalue weighted by molar-refractivity contribution is -0.138. The molecule has 0 aromatic heterocycles. The lowest BCUT2D eigenvalue weighted by atomic mass is 10.1. The van der Waals surface area contributed by atoms with E-state index in [-0.39, 0.29) is 30.9 Å². The van der Waals surface area contributed by atoms with Gasteiger partial charge in [0.15, 0.2) is 0 Å². The van der Waals surface area contributed by atoms with Crippen molar-refractivity contribution < 1.29 is 14.3 Å². The molecule has 1 aromatic carbocycles. The fraction of sp³-hybridized carbons (Fsp3) is 0.385. The van der Waals surface area contributed by atoms with Gasteiger partial charge in [0.05, 0.1) is 22.5 Å². The monoisotopic (exact) mass is 301 g/mol. The predicted molar refractivity (Wildman–Crippen MR) is 73.6 cm³/mol. The minimum atomic E-state index is -0.293. The largest absolute Gasteiger partial charge is 0.463 e. The molecule has 0 radical (unpaired) electrons. The van der Waals surface area contributed by atoms with Gasteiger partial charge < -0.3 is 9.64 Å². The number of amides is 1. The molecule has 102 valence electrons. The van der Waals surface area contributed by atoms with Gasteiger partial charge in [-0.15, -0.1) is 0 Å². The number of rotatable bonds is 3. The van der Waals surface area contributed by atoms with E-state index in [4.69, 9.17) is 27.9 Å². The van der Waals surface area contributed by atoms with Gasteiger partial charge in [0.1, 0.15) is 6.61 Å². The van der Waals surface area contributed by atoms with Gasteiger partial charge in [0, 0.05) is 12.1 Å². The van der Waals surface area contributed by atoms with Crippen molar-refractivity contribution in [2.24, 2.45) is 0 Å². The van der Waals surface area contributed by atoms with Crippen LogP contribution in [0.4, 0.5) is 5.69 Å². The number of carbonyl (C=O) groups excluding carboxylic acids is 2. The molecule has 1 fully saturated rings. The van der Waals surface area contributed by atoms with Gasteiger partial charge >= 0.3 is 5.97 Å². The minimum absolute atomic E-state index is 0.0818. The summed E-state index contributed by atoms with van der Waals surface area (Å²) in [7, 11) is 0. The Kier molecular flexibility index (Phi) is 4.32. The third-order valence-electron chi connectivity index (χ3n) is 2.96. The summed E-state index contributed by atoms with van der Waals surface area (Å²) in [6.45, 7) is 1.98. The Morgan fingerprint density at radius 2 is 2.16 bits per heavy atom. The highest BCUT2D eigenvalue weighted by Gasteiger charge is 2.32. The van der Waals surface area contributed by atoms with Crippen LogP contribution in [0, 0.1) is 0 Å². The first-order valence-corrected chi connectivity index (χ1v) is 6.71. The second-order valence-corrected chi connectivity index (χ2v) is 5.07. The highest BCUT2D eigenvalue weighted by molar-refractivity contribution is 6.42. The molecule has 19 heavy (non-hydrogen) atoms. The number of anilines is 1. The van der Waals surface area contributed by atoms with E-state index in [0.29, 0.717) is 22.2 Å². The molecule has 0 bridgehead atoms. The van der Waals surface area contributed by atoms with Gasteiger partial charge in [-0.25, -0.2) is 0 Å². The number of nitrogens with zero attached hydrogens (tertiary/aromatic N) is 1. The van der Waals surface area contributed by atoms with E-state index in [0.717, 1.165) is 0 Å². The Morgan fingerprint density at radius 3 is 2.68 bits per heavy atom. The van der Waals surface area contributed by atoms with Gasteiger partial charge in [0.25, 0.3) is 0 Å². The number of hydrogen-bond acceptors (Lipinski definition) is 3. The second-order valence-electron chi connectivity index (χ2n) is 4.26. The van der Waals surface area contributed by atoms with Crippen LogP contribution in [0.5, 0.6) is 0 Å². The maximum atomic E-state index is 12.1. The topological polar surface area (TPSA) is 46.6 Å². The average molecular weight is 302 g/mol. The number of benzene rings is 1. The molecule has 0 aliphatic carbocycles. The SMILES string of the molecule is CCC(=O)N(c1ccc(Cl)c(Cl)c1)C1COC(=O)C1. The van der Waals surface area contributed by atoms with E-state index in [9.17, 15) is 9.59 Å². The van der Waals surface area contributed by atoms with Crippen LogP contribution in [0.25, 0.3) is 0 Å². The zero-order chi connectivity index (χ0) is 14.0. The van der Waals surface area contributed by atoms with E-state index >= 15 is 0 Å². The third kappa shape index (κ3) is 3.01. The molecule has 1 saturated heterocycles. The molecule has 0 N–H and O–H groups in total. The second kappa shape index (κ2) is 5.80. The zero-order valence-corrected chi connectivity index (χ0v) is 11.9. The highest BCUT2D eigenvalue weighted by Crippen LogP contribution is 2.30. The standard InChI is InChI=1S/C13H13Cl2NO3/c1-2-12(17)16(9-6-13(18)19-7-9)8-3-4-10(14)11(15)5-8/h3-5,9H,2,6-7H2,1H3. The van der Waals surface area contributed by atoms with Crippen molar-refractivity contribution >= 4 is 40.8 Å². The number of esters is 1. The van der Waals surface area contributed by atoms with Crippen molar-refractivity contribution in [3.05, 3.63) is 28.2 Å². The van der Waals surface area contributed by atoms with Crippen LogP contribution in [0.3, 0.4) is 0 Å². The summed E-state index contributed by atoms with van der Waals surface area (Å²) in [4.78, 5) is 24.9. The van der Waals surface area contributed by atoms with Crippen molar-refractivity contribution in [3.63, 3.8) is 0 Å². The molecule has 1 amide bonds. The summed E-state index contributed by atoms with van der Waals surface area (Å²) >= 11 is 11.8. The van der Waals surface area contributed by atoms with Crippen molar-refractivity contribution in [1.29, 1.82) is 0 Å². The van der Waals surface area contributed by atoms with Crippen molar-refractivity contribution in [2.45, 2.75) is 25.8 Å². The Hall–Kier alpha value is -1.26. The first-order chi connectivity index (χ1) is 9.02. The van der Waals surface area contributed by atoms with Crippen molar-refractivity contribution in [3.8, 4) is 0 Å². The molecule has 1 aliphatic rings. The molecule has 1 aliphatic heterocycles. The quantitative estimate of drug-likeness (QED) is 0.806. The van der Waals surface area contributed by atoms with Crippen molar-refractivity contribution in [2.75, 3.05) is 11.5 Å². The Bertz CT molecular complexity index is 519. The summed E-state index contributed by atoms with van der Waals surface area (Å²) in [6.07, 6.45) is 0.539. The van der Waals surface area contributed by atoms with Gasteiger partial charge in [-0.3, -0.25) is 9.59 Å². The molecule has 0 saturated carbocycles. The molecular formula is C13H13Cl2NO3. The lowest BCUT2D eigenvalue weighted by Crippen LogP contribution is -2.40. The fourth-order valence-electron chi connectivity index (χ4n) is 2.03. The number of cyclic esters (lactones) is 1. The Balaban J connectivity index is 2.34. The number of halogens is 2. The molecular weight excluding hydrogens is 289 g/mol. The van der Waals surface area contributed by atoms with Crippen LogP contribution in [-0.2, 0) is 14.3 Å². The fourth-order valence-corrected chi connectivity index (χ4v) is 2.32. The van der Waals surface area contributed by atoms with Crippen LogP contribution >= 0.6 is 23.2 Å². The predicted octanol–water partition coefficient (Wildman–Crippen LogP) is 3.05. The maximum Gasteiger partial charge on any atom is 0.308 e. The summed E-state index contributed by atoms with van der Waals surface area (Å²) in [5.74, 6) is -0.374. The third-order valence-corrected chi connectivity index (χ3v) is 3.70. The van der Waals surface area contributed by atoms with Gasteiger partial charge in [-0.2, -0.15) is 0 Å². The van der Waals surface area contributed by atoms with E-state index in [1.807, 2.05) is 0 Å². The smallest absolute Gasteiger partial charge is 0.308 e. The highest BCUT2D eigenvalue weighted by atomic mass is 35.5. The molecule has 0 spiro atoms. The lowest BCUT2D eigenvalue weighted by Gasteiger charge is -2.27. The Morgan fingerprint density at radius 1 is 1.42 bits per heavy atom. The molecule has 1 heterocycles. The summed E-state index contributed by atoms with van der Waals surface area (Å²) in [5.41, 5.74) is 0.629. The summed E-state index contributed by atoms with van der Waals surface area (Å²) in [6, 6.07) is 4.69. The normalized spacial score (nSPS) is 18.3. The van der Waals surface area contributed by atoms with Crippen LogP contribution in [0.2, 0.25) is 10.0 Å². The van der Waals surface area contributed by atoms with Crippen LogP contribution in [-0.4, -0.2) is 24.5 Å². The first kappa shape index (κ1) is 14.2. The molecule has 1 unspecified atom stereocenters. The number of ether oxygens (including phenoxy) is 1. The van der Waals surface area contributed by atoms with E-state index in [1.54, 1.807) is 30.0 Å². The maximum absolute atomic E-state index is 12.1. The van der Waals surface area contributed by atoms with Gasteiger partial charge in [-0.05, 0) is 18.2 Å². The average Bonchev–Trinajstić information content (AvgIpc) is 2.80. The molecule has 6 heteroatoms. The number of carbonyl (C=O) groups is 2. The molecule has 1 atom stereocenters. The molecule has 1 aromatic rings. The van der Waals surface area contributed by atoms with E-state index in [2.05, 4.69) is 0 Å². The van der Waals surface area contributed by atoms with Crippen LogP contribution in [0.15, 0.2) is 18.2 Å². The van der Waals surface area contributed by atoms with Gasteiger partial charge in [-0.1, -0.05) is 30.1 Å². The van der Waals surface area contributed by atoms with Crippen LogP contribution in [0.1, 0.15) is 19.8 Å². The first-order valence-electron chi connectivity index (χ1n) is 5.95. The zero-order valence-electron chi connectivity index (χ0n) is 10.4. The Labute approximate surface area is 121 Å². The summed E-state index contributed by atoms with van der Waals surface area (Å²) in [5, 5.41) is 0.798.